The summed E-state index contributed by atoms with van der Waals surface area (Å²) < 4.78 is 0. The van der Waals surface area contributed by atoms with E-state index < -0.39 is 0 Å². The minimum absolute atomic E-state index is 0.757. The highest BCUT2D eigenvalue weighted by atomic mass is 14.9. The van der Waals surface area contributed by atoms with Gasteiger partial charge in [0, 0.05) is 29.2 Å². The van der Waals surface area contributed by atoms with Crippen molar-refractivity contribution in [2.75, 3.05) is 0 Å². The molecule has 1 heterocycles. The molecule has 0 aliphatic heterocycles. The van der Waals surface area contributed by atoms with Crippen molar-refractivity contribution in [3.05, 3.63) is 35.5 Å². The van der Waals surface area contributed by atoms with Gasteiger partial charge >= 0.3 is 0 Å². The highest BCUT2D eigenvalue weighted by molar-refractivity contribution is 5.84. The Morgan fingerprint density at radius 1 is 1.31 bits per heavy atom. The zero-order valence-corrected chi connectivity index (χ0v) is 9.72. The third kappa shape index (κ3) is 1.63. The van der Waals surface area contributed by atoms with Crippen molar-refractivity contribution in [2.24, 2.45) is 0 Å². The second kappa shape index (κ2) is 3.95. The Hall–Kier alpha value is -1.28. The number of fused-ring (bicyclic) bond motifs is 1. The van der Waals surface area contributed by atoms with Crippen LogP contribution in [0.15, 0.2) is 24.3 Å². The summed E-state index contributed by atoms with van der Waals surface area (Å²) >= 11 is 0. The highest BCUT2D eigenvalue weighted by Gasteiger charge is 2.17. The Morgan fingerprint density at radius 3 is 2.88 bits per heavy atom. The Bertz CT molecular complexity index is 494. The summed E-state index contributed by atoms with van der Waals surface area (Å²) in [6.45, 7) is 3.16. The molecular formula is C14H18N2. The number of aryl methyl sites for hydroxylation is 1. The predicted octanol–water partition coefficient (Wildman–Crippen LogP) is 3.12. The van der Waals surface area contributed by atoms with E-state index in [-0.39, 0.29) is 0 Å². The number of aromatic amines is 1. The van der Waals surface area contributed by atoms with Gasteiger partial charge in [-0.05, 0) is 31.4 Å². The van der Waals surface area contributed by atoms with E-state index in [2.05, 4.69) is 41.5 Å². The van der Waals surface area contributed by atoms with Gasteiger partial charge in [-0.2, -0.15) is 0 Å². The van der Waals surface area contributed by atoms with E-state index >= 15 is 0 Å². The molecule has 1 aromatic heterocycles. The molecule has 2 heteroatoms. The van der Waals surface area contributed by atoms with Crippen molar-refractivity contribution in [1.29, 1.82) is 0 Å². The van der Waals surface area contributed by atoms with Gasteiger partial charge in [-0.1, -0.05) is 24.6 Å². The topological polar surface area (TPSA) is 27.8 Å². The van der Waals surface area contributed by atoms with Gasteiger partial charge in [0.2, 0.25) is 0 Å². The van der Waals surface area contributed by atoms with Gasteiger partial charge in [0.25, 0.3) is 0 Å². The SMILES string of the molecule is Cc1[nH]c2ccccc2c1CNC1CCC1. The van der Waals surface area contributed by atoms with Crippen molar-refractivity contribution in [3.63, 3.8) is 0 Å². The summed E-state index contributed by atoms with van der Waals surface area (Å²) in [6, 6.07) is 9.31. The maximum absolute atomic E-state index is 3.63. The summed E-state index contributed by atoms with van der Waals surface area (Å²) in [7, 11) is 0. The number of rotatable bonds is 3. The van der Waals surface area contributed by atoms with Crippen LogP contribution in [0.5, 0.6) is 0 Å². The molecule has 1 aliphatic rings. The van der Waals surface area contributed by atoms with Crippen LogP contribution < -0.4 is 5.32 Å². The summed E-state index contributed by atoms with van der Waals surface area (Å²) in [6.07, 6.45) is 4.09. The second-order valence-electron chi connectivity index (χ2n) is 4.78. The lowest BCUT2D eigenvalue weighted by molar-refractivity contribution is 0.338. The molecule has 0 amide bonds. The van der Waals surface area contributed by atoms with E-state index in [4.69, 9.17) is 0 Å². The number of hydrogen-bond donors (Lipinski definition) is 2. The molecule has 1 fully saturated rings. The molecule has 0 unspecified atom stereocenters. The average molecular weight is 214 g/mol. The lowest BCUT2D eigenvalue weighted by Crippen LogP contribution is -2.34. The summed E-state index contributed by atoms with van der Waals surface area (Å²) in [5.74, 6) is 0. The van der Waals surface area contributed by atoms with Crippen LogP contribution in [0, 0.1) is 6.92 Å². The summed E-state index contributed by atoms with van der Waals surface area (Å²) in [5, 5.41) is 5.00. The third-order valence-electron chi connectivity index (χ3n) is 3.70. The normalized spacial score (nSPS) is 16.6. The van der Waals surface area contributed by atoms with Crippen LogP contribution in [0.1, 0.15) is 30.5 Å². The van der Waals surface area contributed by atoms with Crippen LogP contribution in [-0.4, -0.2) is 11.0 Å². The van der Waals surface area contributed by atoms with E-state index in [9.17, 15) is 0 Å². The number of aromatic nitrogens is 1. The van der Waals surface area contributed by atoms with Crippen LogP contribution in [0.3, 0.4) is 0 Å². The van der Waals surface area contributed by atoms with Gasteiger partial charge in [-0.25, -0.2) is 0 Å². The third-order valence-corrected chi connectivity index (χ3v) is 3.70. The van der Waals surface area contributed by atoms with E-state index in [0.29, 0.717) is 0 Å². The van der Waals surface area contributed by atoms with E-state index in [1.807, 2.05) is 0 Å². The summed E-state index contributed by atoms with van der Waals surface area (Å²) in [4.78, 5) is 3.45. The van der Waals surface area contributed by atoms with E-state index in [1.54, 1.807) is 0 Å². The molecule has 0 bridgehead atoms. The minimum atomic E-state index is 0.757. The van der Waals surface area contributed by atoms with Gasteiger partial charge in [0.15, 0.2) is 0 Å². The van der Waals surface area contributed by atoms with Crippen molar-refractivity contribution in [1.82, 2.24) is 10.3 Å². The van der Waals surface area contributed by atoms with Crippen LogP contribution >= 0.6 is 0 Å². The minimum Gasteiger partial charge on any atom is -0.358 e. The van der Waals surface area contributed by atoms with Gasteiger partial charge < -0.3 is 10.3 Å². The zero-order valence-electron chi connectivity index (χ0n) is 9.72. The second-order valence-corrected chi connectivity index (χ2v) is 4.78. The average Bonchev–Trinajstić information content (AvgIpc) is 2.53. The molecule has 1 aromatic carbocycles. The molecule has 2 N–H and O–H groups in total. The maximum Gasteiger partial charge on any atom is 0.0459 e. The quantitative estimate of drug-likeness (QED) is 0.807. The molecule has 1 aliphatic carbocycles. The monoisotopic (exact) mass is 214 g/mol. The molecular weight excluding hydrogens is 196 g/mol. The molecule has 0 spiro atoms. The van der Waals surface area contributed by atoms with Gasteiger partial charge in [-0.15, -0.1) is 0 Å². The van der Waals surface area contributed by atoms with Gasteiger partial charge in [0.05, 0.1) is 0 Å². The Labute approximate surface area is 96.1 Å². The van der Waals surface area contributed by atoms with Crippen molar-refractivity contribution in [2.45, 2.75) is 38.8 Å². The molecule has 16 heavy (non-hydrogen) atoms. The number of nitrogens with one attached hydrogen (secondary N) is 2. The van der Waals surface area contributed by atoms with Gasteiger partial charge in [0.1, 0.15) is 0 Å². The lowest BCUT2D eigenvalue weighted by atomic mass is 9.93. The van der Waals surface area contributed by atoms with E-state index in [0.717, 1.165) is 12.6 Å². The van der Waals surface area contributed by atoms with Crippen molar-refractivity contribution in [3.8, 4) is 0 Å². The smallest absolute Gasteiger partial charge is 0.0459 e. The number of hydrogen-bond acceptors (Lipinski definition) is 1. The van der Waals surface area contributed by atoms with Crippen molar-refractivity contribution < 1.29 is 0 Å². The van der Waals surface area contributed by atoms with Crippen LogP contribution in [0.4, 0.5) is 0 Å². The standard InChI is InChI=1S/C14H18N2/c1-10-13(9-15-11-5-4-6-11)12-7-2-3-8-14(12)16-10/h2-3,7-8,11,15-16H,4-6,9H2,1H3. The Morgan fingerprint density at radius 2 is 2.12 bits per heavy atom. The molecule has 84 valence electrons. The number of benzene rings is 1. The first-order valence-electron chi connectivity index (χ1n) is 6.14. The number of para-hydroxylation sites is 1. The molecule has 1 saturated carbocycles. The first kappa shape index (κ1) is 9.91. The molecule has 2 nitrogen and oxygen atoms in total. The fourth-order valence-corrected chi connectivity index (χ4v) is 2.42. The largest absolute Gasteiger partial charge is 0.358 e. The first-order valence-corrected chi connectivity index (χ1v) is 6.14. The predicted molar refractivity (Wildman–Crippen MR) is 67.5 cm³/mol. The molecule has 3 rings (SSSR count). The van der Waals surface area contributed by atoms with Crippen LogP contribution in [0.25, 0.3) is 10.9 Å². The van der Waals surface area contributed by atoms with E-state index in [1.165, 1.54) is 41.4 Å². The highest BCUT2D eigenvalue weighted by Crippen LogP contribution is 2.23. The van der Waals surface area contributed by atoms with Gasteiger partial charge in [-0.3, -0.25) is 0 Å². The maximum atomic E-state index is 3.63. The molecule has 0 saturated heterocycles. The lowest BCUT2D eigenvalue weighted by Gasteiger charge is -2.26. The first-order chi connectivity index (χ1) is 7.84. The fourth-order valence-electron chi connectivity index (χ4n) is 2.42. The van der Waals surface area contributed by atoms with Crippen molar-refractivity contribution >= 4 is 10.9 Å². The van der Waals surface area contributed by atoms with Crippen LogP contribution in [-0.2, 0) is 6.54 Å². The van der Waals surface area contributed by atoms with Crippen LogP contribution in [0.2, 0.25) is 0 Å². The zero-order chi connectivity index (χ0) is 11.0. The molecule has 0 radical (unpaired) electrons. The number of H-pyrrole nitrogens is 1. The fraction of sp³-hybridized carbons (Fsp3) is 0.429. The summed E-state index contributed by atoms with van der Waals surface area (Å²) in [5.41, 5.74) is 3.99. The Balaban J connectivity index is 1.86. The Kier molecular flexibility index (Phi) is 2.44. The molecule has 0 atom stereocenters. The molecule has 2 aromatic rings.